The van der Waals surface area contributed by atoms with Crippen molar-refractivity contribution in [3.05, 3.63) is 10.4 Å². The largest absolute Gasteiger partial charge is 0.369 e. The number of anilines is 1. The van der Waals surface area contributed by atoms with Crippen molar-refractivity contribution in [1.82, 2.24) is 25.0 Å². The zero-order valence-electron chi connectivity index (χ0n) is 9.39. The molecule has 90 valence electrons. The number of aromatic amines is 1. The van der Waals surface area contributed by atoms with E-state index in [0.717, 1.165) is 12.8 Å². The number of nitrogens with two attached hydrogens (primary N) is 1. The standard InChI is InChI=1S/C10H14N6O/c11-10-12-9(17)7-8(14-15-13-7)16(10)6-4-2-1-3-5-6/h6H,1-5H2,(H2,11,12,17)(H,13,14,15). The SMILES string of the molecule is Nc1nc(=O)c2n[nH]nc2n1C1CCCCC1. The van der Waals surface area contributed by atoms with Crippen molar-refractivity contribution in [2.75, 3.05) is 5.73 Å². The molecule has 2 heterocycles. The first-order chi connectivity index (χ1) is 8.27. The molecule has 0 amide bonds. The van der Waals surface area contributed by atoms with Crippen LogP contribution in [-0.4, -0.2) is 25.0 Å². The lowest BCUT2D eigenvalue weighted by molar-refractivity contribution is 0.359. The average Bonchev–Trinajstić information content (AvgIpc) is 2.79. The van der Waals surface area contributed by atoms with Gasteiger partial charge in [-0.3, -0.25) is 9.36 Å². The van der Waals surface area contributed by atoms with E-state index in [-0.39, 0.29) is 17.5 Å². The first kappa shape index (κ1) is 10.2. The Kier molecular flexibility index (Phi) is 2.31. The van der Waals surface area contributed by atoms with E-state index in [2.05, 4.69) is 20.4 Å². The summed E-state index contributed by atoms with van der Waals surface area (Å²) in [4.78, 5) is 15.4. The molecule has 0 bridgehead atoms. The predicted octanol–water partition coefficient (Wildman–Crippen LogP) is 0.602. The Morgan fingerprint density at radius 3 is 2.76 bits per heavy atom. The second-order valence-corrected chi connectivity index (χ2v) is 4.43. The Morgan fingerprint density at radius 1 is 1.24 bits per heavy atom. The fourth-order valence-corrected chi connectivity index (χ4v) is 2.56. The van der Waals surface area contributed by atoms with Gasteiger partial charge in [0.2, 0.25) is 5.95 Å². The topological polar surface area (TPSA) is 102 Å². The van der Waals surface area contributed by atoms with Crippen LogP contribution in [-0.2, 0) is 0 Å². The van der Waals surface area contributed by atoms with Crippen molar-refractivity contribution >= 4 is 17.1 Å². The highest BCUT2D eigenvalue weighted by Crippen LogP contribution is 2.30. The summed E-state index contributed by atoms with van der Waals surface area (Å²) in [7, 11) is 0. The van der Waals surface area contributed by atoms with E-state index in [1.54, 1.807) is 0 Å². The van der Waals surface area contributed by atoms with Gasteiger partial charge >= 0.3 is 5.56 Å². The van der Waals surface area contributed by atoms with Crippen LogP contribution in [0.25, 0.3) is 11.2 Å². The van der Waals surface area contributed by atoms with Crippen LogP contribution in [0.3, 0.4) is 0 Å². The van der Waals surface area contributed by atoms with Crippen LogP contribution in [0, 0.1) is 0 Å². The highest BCUT2D eigenvalue weighted by molar-refractivity contribution is 5.69. The molecule has 0 spiro atoms. The van der Waals surface area contributed by atoms with E-state index in [4.69, 9.17) is 5.73 Å². The van der Waals surface area contributed by atoms with E-state index in [9.17, 15) is 4.79 Å². The summed E-state index contributed by atoms with van der Waals surface area (Å²) < 4.78 is 1.85. The summed E-state index contributed by atoms with van der Waals surface area (Å²) >= 11 is 0. The molecule has 1 aliphatic rings. The molecule has 1 saturated carbocycles. The van der Waals surface area contributed by atoms with E-state index >= 15 is 0 Å². The molecule has 7 heteroatoms. The molecule has 0 radical (unpaired) electrons. The van der Waals surface area contributed by atoms with Gasteiger partial charge in [0, 0.05) is 6.04 Å². The van der Waals surface area contributed by atoms with Gasteiger partial charge in [-0.1, -0.05) is 19.3 Å². The maximum Gasteiger partial charge on any atom is 0.304 e. The van der Waals surface area contributed by atoms with Crippen LogP contribution in [0.5, 0.6) is 0 Å². The molecule has 0 aromatic carbocycles. The molecular weight excluding hydrogens is 220 g/mol. The van der Waals surface area contributed by atoms with Crippen molar-refractivity contribution < 1.29 is 0 Å². The van der Waals surface area contributed by atoms with Crippen LogP contribution in [0.15, 0.2) is 4.79 Å². The highest BCUT2D eigenvalue weighted by Gasteiger charge is 2.21. The number of nitrogens with one attached hydrogen (secondary N) is 1. The van der Waals surface area contributed by atoms with Crippen LogP contribution in [0.1, 0.15) is 38.1 Å². The third kappa shape index (κ3) is 1.58. The molecule has 7 nitrogen and oxygen atoms in total. The van der Waals surface area contributed by atoms with Gasteiger partial charge in [0.25, 0.3) is 0 Å². The normalized spacial score (nSPS) is 17.6. The summed E-state index contributed by atoms with van der Waals surface area (Å²) in [5.41, 5.74) is 6.22. The van der Waals surface area contributed by atoms with Crippen molar-refractivity contribution in [2.24, 2.45) is 0 Å². The Balaban J connectivity index is 2.20. The monoisotopic (exact) mass is 234 g/mol. The fraction of sp³-hybridized carbons (Fsp3) is 0.600. The minimum atomic E-state index is -0.418. The van der Waals surface area contributed by atoms with Crippen molar-refractivity contribution in [3.63, 3.8) is 0 Å². The third-order valence-electron chi connectivity index (χ3n) is 3.36. The van der Waals surface area contributed by atoms with Gasteiger partial charge in [-0.05, 0) is 12.8 Å². The lowest BCUT2D eigenvalue weighted by Crippen LogP contribution is -2.23. The predicted molar refractivity (Wildman–Crippen MR) is 62.5 cm³/mol. The van der Waals surface area contributed by atoms with Gasteiger partial charge in [-0.15, -0.1) is 10.2 Å². The fourth-order valence-electron chi connectivity index (χ4n) is 2.56. The molecule has 0 atom stereocenters. The summed E-state index contributed by atoms with van der Waals surface area (Å²) in [6, 6.07) is 0.282. The van der Waals surface area contributed by atoms with E-state index < -0.39 is 5.56 Å². The van der Waals surface area contributed by atoms with E-state index in [0.29, 0.717) is 5.65 Å². The smallest absolute Gasteiger partial charge is 0.304 e. The molecule has 0 aliphatic heterocycles. The number of H-pyrrole nitrogens is 1. The minimum absolute atomic E-state index is 0.239. The third-order valence-corrected chi connectivity index (χ3v) is 3.36. The average molecular weight is 234 g/mol. The van der Waals surface area contributed by atoms with Crippen LogP contribution in [0.2, 0.25) is 0 Å². The summed E-state index contributed by atoms with van der Waals surface area (Å²) in [5.74, 6) is 0.239. The van der Waals surface area contributed by atoms with Gasteiger partial charge in [-0.2, -0.15) is 10.2 Å². The van der Waals surface area contributed by atoms with Crippen molar-refractivity contribution in [3.8, 4) is 0 Å². The lowest BCUT2D eigenvalue weighted by Gasteiger charge is -2.25. The first-order valence-corrected chi connectivity index (χ1v) is 5.86. The van der Waals surface area contributed by atoms with Gasteiger partial charge < -0.3 is 5.73 Å². The lowest BCUT2D eigenvalue weighted by atomic mass is 9.95. The molecule has 17 heavy (non-hydrogen) atoms. The second kappa shape index (κ2) is 3.83. The number of hydrogen-bond acceptors (Lipinski definition) is 5. The summed E-state index contributed by atoms with van der Waals surface area (Å²) in [6.45, 7) is 0. The summed E-state index contributed by atoms with van der Waals surface area (Å²) in [6.07, 6.45) is 5.71. The molecule has 2 aromatic rings. The van der Waals surface area contributed by atoms with E-state index in [1.807, 2.05) is 4.57 Å². The Morgan fingerprint density at radius 2 is 2.00 bits per heavy atom. The molecule has 0 saturated heterocycles. The quantitative estimate of drug-likeness (QED) is 0.752. The second-order valence-electron chi connectivity index (χ2n) is 4.43. The van der Waals surface area contributed by atoms with Gasteiger partial charge in [0.05, 0.1) is 0 Å². The Labute approximate surface area is 97.0 Å². The number of aromatic nitrogens is 5. The van der Waals surface area contributed by atoms with Gasteiger partial charge in [-0.25, -0.2) is 0 Å². The molecular formula is C10H14N6O. The van der Waals surface area contributed by atoms with Crippen LogP contribution < -0.4 is 11.3 Å². The first-order valence-electron chi connectivity index (χ1n) is 5.86. The number of nitrogen functional groups attached to an aromatic ring is 1. The molecule has 3 rings (SSSR count). The van der Waals surface area contributed by atoms with E-state index in [1.165, 1.54) is 19.3 Å². The summed E-state index contributed by atoms with van der Waals surface area (Å²) in [5, 5.41) is 10.3. The molecule has 1 fully saturated rings. The molecule has 1 aliphatic carbocycles. The highest BCUT2D eigenvalue weighted by atomic mass is 16.1. The minimum Gasteiger partial charge on any atom is -0.369 e. The molecule has 0 unspecified atom stereocenters. The van der Waals surface area contributed by atoms with Crippen LogP contribution in [0.4, 0.5) is 5.95 Å². The van der Waals surface area contributed by atoms with Gasteiger partial charge in [0.1, 0.15) is 0 Å². The van der Waals surface area contributed by atoms with Gasteiger partial charge in [0.15, 0.2) is 11.2 Å². The number of hydrogen-bond donors (Lipinski definition) is 2. The number of rotatable bonds is 1. The Bertz CT molecular complexity index is 594. The van der Waals surface area contributed by atoms with Crippen LogP contribution >= 0.6 is 0 Å². The van der Waals surface area contributed by atoms with Crippen molar-refractivity contribution in [1.29, 1.82) is 0 Å². The molecule has 3 N–H and O–H groups in total. The maximum absolute atomic E-state index is 11.6. The number of nitrogens with zero attached hydrogens (tertiary/aromatic N) is 4. The number of fused-ring (bicyclic) bond motifs is 1. The zero-order chi connectivity index (χ0) is 11.8. The Hall–Kier alpha value is -1.92. The van der Waals surface area contributed by atoms with Crippen molar-refractivity contribution in [2.45, 2.75) is 38.1 Å². The zero-order valence-corrected chi connectivity index (χ0v) is 9.39. The maximum atomic E-state index is 11.6. The molecule has 2 aromatic heterocycles.